The van der Waals surface area contributed by atoms with Gasteiger partial charge >= 0.3 is 0 Å². The van der Waals surface area contributed by atoms with Gasteiger partial charge in [0.15, 0.2) is 5.54 Å². The molecule has 0 fully saturated rings. The van der Waals surface area contributed by atoms with E-state index >= 15 is 0 Å². The number of rotatable bonds is 9. The Kier molecular flexibility index (Phi) is 8.39. The van der Waals surface area contributed by atoms with Crippen LogP contribution in [0.4, 0.5) is 11.4 Å². The van der Waals surface area contributed by atoms with Crippen molar-refractivity contribution in [3.63, 3.8) is 0 Å². The third kappa shape index (κ3) is 5.51. The maximum Gasteiger partial charge on any atom is 0.253 e. The van der Waals surface area contributed by atoms with E-state index in [1.54, 1.807) is 49.6 Å². The second kappa shape index (κ2) is 12.3. The van der Waals surface area contributed by atoms with E-state index in [1.165, 1.54) is 4.90 Å². The molecule has 0 bridgehead atoms. The highest BCUT2D eigenvalue weighted by atomic mass is 16.5. The molecule has 8 nitrogen and oxygen atoms in total. The van der Waals surface area contributed by atoms with Gasteiger partial charge in [-0.3, -0.25) is 24.3 Å². The molecule has 0 saturated carbocycles. The van der Waals surface area contributed by atoms with Crippen LogP contribution in [-0.4, -0.2) is 36.6 Å². The molecule has 0 aliphatic carbocycles. The Morgan fingerprint density at radius 2 is 1.51 bits per heavy atom. The van der Waals surface area contributed by atoms with Crippen molar-refractivity contribution in [2.45, 2.75) is 31.8 Å². The summed E-state index contributed by atoms with van der Waals surface area (Å²) in [5.74, 6) is -1.47. The maximum absolute atomic E-state index is 14.8. The summed E-state index contributed by atoms with van der Waals surface area (Å²) in [5, 5.41) is 2.86. The van der Waals surface area contributed by atoms with E-state index in [2.05, 4.69) is 5.32 Å². The number of ether oxygens (including phenoxy) is 1. The van der Waals surface area contributed by atoms with Crippen molar-refractivity contribution in [2.24, 2.45) is 16.6 Å². The molecule has 3 N–H and O–H groups in total. The van der Waals surface area contributed by atoms with Crippen LogP contribution in [-0.2, 0) is 19.9 Å². The number of hydrogen-bond donors (Lipinski definition) is 2. The van der Waals surface area contributed by atoms with Crippen molar-refractivity contribution in [1.82, 2.24) is 0 Å². The third-order valence-corrected chi connectivity index (χ3v) is 7.77. The largest absolute Gasteiger partial charge is 0.497 e. The van der Waals surface area contributed by atoms with Crippen LogP contribution >= 0.6 is 0 Å². The van der Waals surface area contributed by atoms with E-state index in [-0.39, 0.29) is 12.3 Å². The monoisotopic (exact) mass is 574 g/mol. The third-order valence-electron chi connectivity index (χ3n) is 7.77. The molecule has 2 unspecified atom stereocenters. The Hall–Kier alpha value is -5.24. The predicted molar refractivity (Wildman–Crippen MR) is 168 cm³/mol. The maximum atomic E-state index is 14.8. The number of para-hydroxylation sites is 2. The van der Waals surface area contributed by atoms with Crippen molar-refractivity contribution in [2.75, 3.05) is 17.3 Å². The topological polar surface area (TPSA) is 114 Å². The van der Waals surface area contributed by atoms with Gasteiger partial charge in [0.1, 0.15) is 11.8 Å². The van der Waals surface area contributed by atoms with Crippen molar-refractivity contribution < 1.29 is 19.1 Å². The standard InChI is InChI=1S/C35H34N4O4/c1-23(2)35(34(36)42,25-18-20-27(43-3)21-19-25)39-30-17-11-10-16-28(30)32(24-12-6-4-7-13-24)38-29(33(39)41)22-31(40)37-26-14-8-5-9-15-26/h4-21,23,29H,22H2,1-3H3,(H2,36,42)(H,37,40). The Morgan fingerprint density at radius 3 is 2.12 bits per heavy atom. The lowest BCUT2D eigenvalue weighted by Gasteiger charge is -2.45. The van der Waals surface area contributed by atoms with Gasteiger partial charge in [0.05, 0.1) is 24.9 Å². The Balaban J connectivity index is 1.73. The fourth-order valence-electron chi connectivity index (χ4n) is 5.75. The molecule has 5 rings (SSSR count). The number of benzodiazepines with no additional fused rings is 1. The van der Waals surface area contributed by atoms with Crippen LogP contribution in [0, 0.1) is 5.92 Å². The molecule has 4 aromatic carbocycles. The van der Waals surface area contributed by atoms with Gasteiger partial charge < -0.3 is 15.8 Å². The first-order valence-corrected chi connectivity index (χ1v) is 14.1. The number of nitrogens with zero attached hydrogens (tertiary/aromatic N) is 2. The first-order chi connectivity index (χ1) is 20.8. The number of methoxy groups -OCH3 is 1. The SMILES string of the molecule is COc1ccc(C(C(N)=O)(C(C)C)N2C(=O)C(CC(=O)Nc3ccccc3)N=C(c3ccccc3)c3ccccc32)cc1. The van der Waals surface area contributed by atoms with Crippen molar-refractivity contribution >= 4 is 34.8 Å². The number of amides is 3. The minimum atomic E-state index is -1.62. The van der Waals surface area contributed by atoms with Crippen LogP contribution in [0.2, 0.25) is 0 Å². The van der Waals surface area contributed by atoms with Crippen LogP contribution in [0.3, 0.4) is 0 Å². The highest BCUT2D eigenvalue weighted by molar-refractivity contribution is 6.22. The quantitative estimate of drug-likeness (QED) is 0.282. The molecule has 1 aliphatic rings. The van der Waals surface area contributed by atoms with E-state index in [1.807, 2.05) is 80.6 Å². The number of carbonyl (C=O) groups is 3. The summed E-state index contributed by atoms with van der Waals surface area (Å²) in [6.45, 7) is 3.71. The molecule has 43 heavy (non-hydrogen) atoms. The summed E-state index contributed by atoms with van der Waals surface area (Å²) < 4.78 is 5.36. The highest BCUT2D eigenvalue weighted by Gasteiger charge is 2.53. The van der Waals surface area contributed by atoms with Crippen molar-refractivity contribution in [3.05, 3.63) is 126 Å². The molecule has 0 spiro atoms. The zero-order valence-corrected chi connectivity index (χ0v) is 24.4. The van der Waals surface area contributed by atoms with Crippen LogP contribution in [0.15, 0.2) is 114 Å². The first-order valence-electron chi connectivity index (χ1n) is 14.1. The number of aliphatic imine (C=N–C) groups is 1. The number of nitrogens with two attached hydrogens (primary N) is 1. The molecule has 218 valence electrons. The number of hydrogen-bond acceptors (Lipinski definition) is 5. The molecule has 4 aromatic rings. The lowest BCUT2D eigenvalue weighted by atomic mass is 9.76. The predicted octanol–water partition coefficient (Wildman–Crippen LogP) is 5.31. The zero-order chi connectivity index (χ0) is 30.6. The summed E-state index contributed by atoms with van der Waals surface area (Å²) in [6.07, 6.45) is -0.246. The zero-order valence-electron chi connectivity index (χ0n) is 24.4. The second-order valence-electron chi connectivity index (χ2n) is 10.7. The number of nitrogens with one attached hydrogen (secondary N) is 1. The van der Waals surface area contributed by atoms with Crippen LogP contribution < -0.4 is 20.7 Å². The summed E-state index contributed by atoms with van der Waals surface area (Å²) in [4.78, 5) is 48.4. The Bertz CT molecular complexity index is 1650. The normalized spacial score (nSPS) is 16.0. The van der Waals surface area contributed by atoms with Gasteiger partial charge in [0.25, 0.3) is 5.91 Å². The Labute approximate surface area is 251 Å². The minimum Gasteiger partial charge on any atom is -0.497 e. The van der Waals surface area contributed by atoms with Gasteiger partial charge in [-0.1, -0.05) is 92.7 Å². The van der Waals surface area contributed by atoms with E-state index in [0.717, 1.165) is 5.56 Å². The molecule has 3 amide bonds. The molecule has 0 radical (unpaired) electrons. The average Bonchev–Trinajstić information content (AvgIpc) is 3.13. The molecular weight excluding hydrogens is 540 g/mol. The summed E-state index contributed by atoms with van der Waals surface area (Å²) in [5.41, 5.74) is 8.24. The number of fused-ring (bicyclic) bond motifs is 1. The van der Waals surface area contributed by atoms with E-state index < -0.39 is 29.3 Å². The summed E-state index contributed by atoms with van der Waals surface area (Å²) in [7, 11) is 1.56. The van der Waals surface area contributed by atoms with Gasteiger partial charge in [-0.05, 0) is 41.8 Å². The summed E-state index contributed by atoms with van der Waals surface area (Å²) >= 11 is 0. The average molecular weight is 575 g/mol. The molecule has 0 aromatic heterocycles. The van der Waals surface area contributed by atoms with Crippen molar-refractivity contribution in [1.29, 1.82) is 0 Å². The van der Waals surface area contributed by atoms with Gasteiger partial charge in [-0.25, -0.2) is 0 Å². The van der Waals surface area contributed by atoms with Gasteiger partial charge in [-0.2, -0.15) is 0 Å². The van der Waals surface area contributed by atoms with E-state index in [9.17, 15) is 14.4 Å². The van der Waals surface area contributed by atoms with Crippen LogP contribution in [0.25, 0.3) is 0 Å². The number of benzene rings is 4. The lowest BCUT2D eigenvalue weighted by molar-refractivity contribution is -0.131. The van der Waals surface area contributed by atoms with Gasteiger partial charge in [0.2, 0.25) is 11.8 Å². The molecule has 8 heteroatoms. The minimum absolute atomic E-state index is 0.246. The fraction of sp³-hybridized carbons (Fsp3) is 0.200. The molecule has 0 saturated heterocycles. The van der Waals surface area contributed by atoms with Crippen molar-refractivity contribution in [3.8, 4) is 5.75 Å². The fourth-order valence-corrected chi connectivity index (χ4v) is 5.75. The van der Waals surface area contributed by atoms with Gasteiger partial charge in [0, 0.05) is 16.8 Å². The Morgan fingerprint density at radius 1 is 0.907 bits per heavy atom. The smallest absolute Gasteiger partial charge is 0.253 e. The summed E-state index contributed by atoms with van der Waals surface area (Å²) in [6, 6.07) is 31.7. The first kappa shape index (κ1) is 29.3. The van der Waals surface area contributed by atoms with E-state index in [4.69, 9.17) is 15.5 Å². The van der Waals surface area contributed by atoms with E-state index in [0.29, 0.717) is 34.0 Å². The highest BCUT2D eigenvalue weighted by Crippen LogP contribution is 2.43. The molecule has 1 heterocycles. The lowest BCUT2D eigenvalue weighted by Crippen LogP contribution is -2.62. The number of anilines is 2. The molecule has 1 aliphatic heterocycles. The second-order valence-corrected chi connectivity index (χ2v) is 10.7. The van der Waals surface area contributed by atoms with Crippen LogP contribution in [0.1, 0.15) is 37.0 Å². The van der Waals surface area contributed by atoms with Gasteiger partial charge in [-0.15, -0.1) is 0 Å². The molecule has 2 atom stereocenters. The number of primary amides is 1. The number of carbonyl (C=O) groups excluding carboxylic acids is 3. The van der Waals surface area contributed by atoms with Crippen LogP contribution in [0.5, 0.6) is 5.75 Å². The molecular formula is C35H34N4O4.